The van der Waals surface area contributed by atoms with Crippen LogP contribution in [-0.2, 0) is 4.74 Å². The van der Waals surface area contributed by atoms with Crippen LogP contribution in [0.5, 0.6) is 0 Å². The number of hydrogen-bond donors (Lipinski definition) is 0. The predicted molar refractivity (Wildman–Crippen MR) is 73.4 cm³/mol. The Morgan fingerprint density at radius 2 is 1.23 bits per heavy atom. The summed E-state index contributed by atoms with van der Waals surface area (Å²) >= 11 is 3.28. The van der Waals surface area contributed by atoms with Crippen molar-refractivity contribution < 1.29 is 31.5 Å². The second-order valence-corrected chi connectivity index (χ2v) is 5.33. The summed E-state index contributed by atoms with van der Waals surface area (Å²) in [7, 11) is 0. The zero-order valence-corrected chi connectivity index (χ0v) is 13.1. The Balaban J connectivity index is 2.60. The largest absolute Gasteiger partial charge is 0.462 e. The molecule has 0 fully saturated rings. The molecular formula is C14H14BrF5O2. The van der Waals surface area contributed by atoms with Gasteiger partial charge in [0.2, 0.25) is 5.82 Å². The van der Waals surface area contributed by atoms with Crippen molar-refractivity contribution in [1.82, 2.24) is 0 Å². The Bertz CT molecular complexity index is 507. The lowest BCUT2D eigenvalue weighted by atomic mass is 10.1. The highest BCUT2D eigenvalue weighted by molar-refractivity contribution is 9.09. The van der Waals surface area contributed by atoms with Crippen molar-refractivity contribution in [1.29, 1.82) is 0 Å². The van der Waals surface area contributed by atoms with Crippen LogP contribution < -0.4 is 0 Å². The molecule has 1 rings (SSSR count). The molecule has 0 aliphatic rings. The molecule has 0 saturated heterocycles. The van der Waals surface area contributed by atoms with Gasteiger partial charge in [-0.1, -0.05) is 35.2 Å². The molecule has 0 aromatic heterocycles. The lowest BCUT2D eigenvalue weighted by Gasteiger charge is -2.08. The number of alkyl halides is 1. The number of halogens is 6. The number of rotatable bonds is 8. The quantitative estimate of drug-likeness (QED) is 0.158. The van der Waals surface area contributed by atoms with E-state index < -0.39 is 40.6 Å². The Labute approximate surface area is 132 Å². The van der Waals surface area contributed by atoms with E-state index in [0.717, 1.165) is 31.0 Å². The molecule has 8 heteroatoms. The van der Waals surface area contributed by atoms with E-state index in [1.807, 2.05) is 0 Å². The van der Waals surface area contributed by atoms with Crippen LogP contribution >= 0.6 is 15.9 Å². The van der Waals surface area contributed by atoms with Gasteiger partial charge in [-0.05, 0) is 12.8 Å². The van der Waals surface area contributed by atoms with Crippen molar-refractivity contribution in [2.24, 2.45) is 0 Å². The molecule has 1 aromatic carbocycles. The summed E-state index contributed by atoms with van der Waals surface area (Å²) in [4.78, 5) is 11.5. The van der Waals surface area contributed by atoms with Gasteiger partial charge in [-0.15, -0.1) is 0 Å². The van der Waals surface area contributed by atoms with Crippen LogP contribution in [0.15, 0.2) is 0 Å². The van der Waals surface area contributed by atoms with Crippen molar-refractivity contribution in [3.05, 3.63) is 34.6 Å². The van der Waals surface area contributed by atoms with Crippen LogP contribution in [0, 0.1) is 29.1 Å². The van der Waals surface area contributed by atoms with Crippen LogP contribution in [0.4, 0.5) is 22.0 Å². The Morgan fingerprint density at radius 3 is 1.77 bits per heavy atom. The van der Waals surface area contributed by atoms with Crippen molar-refractivity contribution in [3.8, 4) is 0 Å². The summed E-state index contributed by atoms with van der Waals surface area (Å²) in [6.45, 7) is -0.146. The van der Waals surface area contributed by atoms with Gasteiger partial charge < -0.3 is 4.74 Å². The predicted octanol–water partition coefficient (Wildman–Crippen LogP) is 4.88. The van der Waals surface area contributed by atoms with E-state index in [1.165, 1.54) is 0 Å². The van der Waals surface area contributed by atoms with Gasteiger partial charge in [0.25, 0.3) is 0 Å². The van der Waals surface area contributed by atoms with Gasteiger partial charge in [0.1, 0.15) is 5.56 Å². The van der Waals surface area contributed by atoms with Gasteiger partial charge in [-0.2, -0.15) is 0 Å². The van der Waals surface area contributed by atoms with E-state index in [4.69, 9.17) is 0 Å². The number of unbranched alkanes of at least 4 members (excludes halogenated alkanes) is 4. The number of ether oxygens (including phenoxy) is 1. The number of benzene rings is 1. The second-order valence-electron chi connectivity index (χ2n) is 4.54. The highest BCUT2D eigenvalue weighted by Gasteiger charge is 2.30. The fourth-order valence-corrected chi connectivity index (χ4v) is 2.14. The van der Waals surface area contributed by atoms with E-state index in [1.54, 1.807) is 0 Å². The Hall–Kier alpha value is -1.18. The van der Waals surface area contributed by atoms with Gasteiger partial charge in [0.15, 0.2) is 23.3 Å². The third-order valence-electron chi connectivity index (χ3n) is 2.93. The Kier molecular flexibility index (Phi) is 7.78. The second kappa shape index (κ2) is 9.07. The summed E-state index contributed by atoms with van der Waals surface area (Å²) in [6.07, 6.45) is 4.06. The van der Waals surface area contributed by atoms with Gasteiger partial charge in [-0.3, -0.25) is 0 Å². The first-order chi connectivity index (χ1) is 10.4. The minimum atomic E-state index is -2.31. The highest BCUT2D eigenvalue weighted by Crippen LogP contribution is 2.23. The average Bonchev–Trinajstić information content (AvgIpc) is 2.50. The average molecular weight is 389 g/mol. The zero-order chi connectivity index (χ0) is 16.7. The number of hydrogen-bond acceptors (Lipinski definition) is 2. The minimum Gasteiger partial charge on any atom is -0.462 e. The monoisotopic (exact) mass is 388 g/mol. The fraction of sp³-hybridized carbons (Fsp3) is 0.500. The van der Waals surface area contributed by atoms with Gasteiger partial charge in [0.05, 0.1) is 6.61 Å². The zero-order valence-electron chi connectivity index (χ0n) is 11.5. The number of esters is 1. The molecule has 0 atom stereocenters. The maximum Gasteiger partial charge on any atom is 0.344 e. The molecule has 0 N–H and O–H groups in total. The van der Waals surface area contributed by atoms with Crippen LogP contribution in [0.2, 0.25) is 0 Å². The number of carbonyl (C=O) groups excluding carboxylic acids is 1. The molecule has 0 amide bonds. The maximum absolute atomic E-state index is 13.3. The highest BCUT2D eigenvalue weighted by atomic mass is 79.9. The maximum atomic E-state index is 13.3. The SMILES string of the molecule is O=C(OCCCCCCCBr)c1c(F)c(F)c(F)c(F)c1F. The molecule has 0 unspecified atom stereocenters. The van der Waals surface area contributed by atoms with Crippen LogP contribution in [0.25, 0.3) is 0 Å². The van der Waals surface area contributed by atoms with Crippen LogP contribution in [-0.4, -0.2) is 17.9 Å². The fourth-order valence-electron chi connectivity index (χ4n) is 1.75. The summed E-state index contributed by atoms with van der Waals surface area (Å²) < 4.78 is 70.0. The molecule has 124 valence electrons. The Morgan fingerprint density at radius 1 is 0.773 bits per heavy atom. The summed E-state index contributed by atoms with van der Waals surface area (Å²) in [6, 6.07) is 0. The van der Waals surface area contributed by atoms with Crippen molar-refractivity contribution >= 4 is 21.9 Å². The molecule has 1 aromatic rings. The molecule has 0 saturated carbocycles. The molecule has 0 spiro atoms. The molecule has 22 heavy (non-hydrogen) atoms. The summed E-state index contributed by atoms with van der Waals surface area (Å²) in [5.74, 6) is -12.6. The van der Waals surface area contributed by atoms with E-state index in [9.17, 15) is 26.7 Å². The molecule has 0 aliphatic heterocycles. The van der Waals surface area contributed by atoms with Crippen LogP contribution in [0.1, 0.15) is 42.5 Å². The number of carbonyl (C=O) groups is 1. The topological polar surface area (TPSA) is 26.3 Å². The molecule has 0 radical (unpaired) electrons. The minimum absolute atomic E-state index is 0.146. The van der Waals surface area contributed by atoms with E-state index in [2.05, 4.69) is 20.7 Å². The summed E-state index contributed by atoms with van der Waals surface area (Å²) in [5, 5.41) is 0.891. The smallest absolute Gasteiger partial charge is 0.344 e. The molecule has 0 bridgehead atoms. The lowest BCUT2D eigenvalue weighted by molar-refractivity contribution is 0.0483. The summed E-state index contributed by atoms with van der Waals surface area (Å²) in [5.41, 5.74) is -1.56. The molecule has 0 heterocycles. The van der Waals surface area contributed by atoms with Crippen LogP contribution in [0.3, 0.4) is 0 Å². The first-order valence-electron chi connectivity index (χ1n) is 6.66. The third-order valence-corrected chi connectivity index (χ3v) is 3.49. The van der Waals surface area contributed by atoms with E-state index in [0.29, 0.717) is 6.42 Å². The molecule has 2 nitrogen and oxygen atoms in total. The van der Waals surface area contributed by atoms with Crippen molar-refractivity contribution in [3.63, 3.8) is 0 Å². The van der Waals surface area contributed by atoms with Gasteiger partial charge >= 0.3 is 5.97 Å². The molecule has 0 aliphatic carbocycles. The normalized spacial score (nSPS) is 10.8. The van der Waals surface area contributed by atoms with Gasteiger partial charge in [0, 0.05) is 5.33 Å². The third kappa shape index (κ3) is 4.66. The first kappa shape index (κ1) is 18.9. The van der Waals surface area contributed by atoms with Crippen molar-refractivity contribution in [2.75, 3.05) is 11.9 Å². The van der Waals surface area contributed by atoms with Gasteiger partial charge in [-0.25, -0.2) is 26.7 Å². The first-order valence-corrected chi connectivity index (χ1v) is 7.78. The standard InChI is InChI=1S/C14H14BrF5O2/c15-6-4-2-1-3-5-7-22-14(21)8-9(16)11(18)13(20)12(19)10(8)17/h1-7H2. The van der Waals surface area contributed by atoms with Crippen molar-refractivity contribution in [2.45, 2.75) is 32.1 Å². The molecular weight excluding hydrogens is 375 g/mol. The van der Waals surface area contributed by atoms with E-state index in [-0.39, 0.29) is 6.61 Å². The van der Waals surface area contributed by atoms with E-state index >= 15 is 0 Å². The lowest BCUT2D eigenvalue weighted by Crippen LogP contribution is -2.15.